The molecule has 1 aliphatic rings. The summed E-state index contributed by atoms with van der Waals surface area (Å²) < 4.78 is 5.70. The minimum atomic E-state index is -1.11. The summed E-state index contributed by atoms with van der Waals surface area (Å²) in [6.07, 6.45) is 1.25. The van der Waals surface area contributed by atoms with E-state index in [0.29, 0.717) is 5.56 Å². The van der Waals surface area contributed by atoms with E-state index < -0.39 is 17.8 Å². The third-order valence-electron chi connectivity index (χ3n) is 4.61. The molecule has 2 amide bonds. The minimum absolute atomic E-state index is 0.0552. The first-order valence-corrected chi connectivity index (χ1v) is 10.2. The van der Waals surface area contributed by atoms with Crippen molar-refractivity contribution < 1.29 is 23.9 Å². The number of aromatic carboxylic acids is 1. The Balaban J connectivity index is 1.72. The fourth-order valence-corrected chi connectivity index (χ4v) is 3.80. The van der Waals surface area contributed by atoms with Crippen LogP contribution in [-0.4, -0.2) is 28.0 Å². The second kappa shape index (κ2) is 8.58. The van der Waals surface area contributed by atoms with Crippen LogP contribution in [0.25, 0.3) is 17.4 Å². The molecule has 0 bridgehead atoms. The van der Waals surface area contributed by atoms with Crippen LogP contribution in [-0.2, 0) is 9.59 Å². The highest BCUT2D eigenvalue weighted by Gasteiger charge is 2.36. The second-order valence-electron chi connectivity index (χ2n) is 6.58. The summed E-state index contributed by atoms with van der Waals surface area (Å²) in [6, 6.07) is 14.1. The molecule has 2 N–H and O–H groups in total. The molecule has 0 aliphatic carbocycles. The average molecular weight is 487 g/mol. The van der Waals surface area contributed by atoms with Crippen LogP contribution in [0.4, 0.5) is 5.69 Å². The Hall–Kier alpha value is -3.46. The first-order chi connectivity index (χ1) is 15.3. The molecule has 1 fully saturated rings. The number of hydrogen-bond acceptors (Lipinski definition) is 5. The van der Waals surface area contributed by atoms with Crippen molar-refractivity contribution >= 4 is 70.1 Å². The number of anilines is 1. The van der Waals surface area contributed by atoms with Crippen molar-refractivity contribution in [3.63, 3.8) is 0 Å². The summed E-state index contributed by atoms with van der Waals surface area (Å²) >= 11 is 17.4. The summed E-state index contributed by atoms with van der Waals surface area (Å²) in [5.41, 5.74) is 0.384. The van der Waals surface area contributed by atoms with E-state index in [0.717, 1.165) is 4.90 Å². The molecule has 0 spiro atoms. The number of rotatable bonds is 4. The van der Waals surface area contributed by atoms with Gasteiger partial charge in [-0.15, -0.1) is 0 Å². The maximum atomic E-state index is 13.1. The van der Waals surface area contributed by atoms with Crippen molar-refractivity contribution in [1.29, 1.82) is 0 Å². The van der Waals surface area contributed by atoms with Crippen LogP contribution in [0.1, 0.15) is 16.1 Å². The van der Waals surface area contributed by atoms with Gasteiger partial charge in [0.1, 0.15) is 17.1 Å². The molecule has 7 nitrogen and oxygen atoms in total. The van der Waals surface area contributed by atoms with Crippen LogP contribution in [0.2, 0.25) is 10.0 Å². The molecule has 1 saturated heterocycles. The standard InChI is InChI=1S/C22H12Cl2N2O5S/c23-15-6-3-7-16(18(15)24)26-20(28)14(19(27)25-22(26)32)10-11-8-9-17(31-11)12-4-1-2-5-13(12)21(29)30/h1-10H,(H,29,30)(H,25,27,32). The second-order valence-corrected chi connectivity index (χ2v) is 7.76. The lowest BCUT2D eigenvalue weighted by Gasteiger charge is -2.29. The van der Waals surface area contributed by atoms with E-state index in [9.17, 15) is 19.5 Å². The Morgan fingerprint density at radius 1 is 1.06 bits per heavy atom. The first kappa shape index (κ1) is 21.8. The first-order valence-electron chi connectivity index (χ1n) is 9.06. The lowest BCUT2D eigenvalue weighted by molar-refractivity contribution is -0.122. The molecule has 0 saturated carbocycles. The monoisotopic (exact) mass is 486 g/mol. The summed E-state index contributed by atoms with van der Waals surface area (Å²) in [6.45, 7) is 0. The van der Waals surface area contributed by atoms with E-state index in [1.807, 2.05) is 0 Å². The molecular weight excluding hydrogens is 475 g/mol. The number of hydrogen-bond donors (Lipinski definition) is 2. The number of carbonyl (C=O) groups is 3. The maximum absolute atomic E-state index is 13.1. The van der Waals surface area contributed by atoms with Gasteiger partial charge < -0.3 is 9.52 Å². The molecule has 2 heterocycles. The van der Waals surface area contributed by atoms with Crippen molar-refractivity contribution in [2.45, 2.75) is 0 Å². The van der Waals surface area contributed by atoms with E-state index >= 15 is 0 Å². The zero-order valence-corrected chi connectivity index (χ0v) is 18.3. The largest absolute Gasteiger partial charge is 0.478 e. The number of halogens is 2. The number of nitrogens with one attached hydrogen (secondary N) is 1. The molecule has 4 rings (SSSR count). The van der Waals surface area contributed by atoms with E-state index in [-0.39, 0.29) is 43.5 Å². The topological polar surface area (TPSA) is 99.9 Å². The highest BCUT2D eigenvalue weighted by molar-refractivity contribution is 7.80. The minimum Gasteiger partial charge on any atom is -0.478 e. The lowest BCUT2D eigenvalue weighted by atomic mass is 10.1. The number of carbonyl (C=O) groups excluding carboxylic acids is 2. The summed E-state index contributed by atoms with van der Waals surface area (Å²) in [5.74, 6) is -2.10. The average Bonchev–Trinajstić information content (AvgIpc) is 3.22. The molecule has 32 heavy (non-hydrogen) atoms. The van der Waals surface area contributed by atoms with Crippen LogP contribution in [0.15, 0.2) is 64.6 Å². The number of furan rings is 1. The van der Waals surface area contributed by atoms with E-state index in [2.05, 4.69) is 5.32 Å². The van der Waals surface area contributed by atoms with E-state index in [1.54, 1.807) is 42.5 Å². The maximum Gasteiger partial charge on any atom is 0.336 e. The SMILES string of the molecule is O=C1NC(=S)N(c2cccc(Cl)c2Cl)C(=O)C1=Cc1ccc(-c2ccccc2C(=O)O)o1. The number of amides is 2. The highest BCUT2D eigenvalue weighted by Crippen LogP contribution is 2.34. The fraction of sp³-hybridized carbons (Fsp3) is 0. The molecular formula is C22H12Cl2N2O5S. The van der Waals surface area contributed by atoms with Gasteiger partial charge in [-0.05, 0) is 48.6 Å². The van der Waals surface area contributed by atoms with Crippen LogP contribution in [0.3, 0.4) is 0 Å². The van der Waals surface area contributed by atoms with E-state index in [1.165, 1.54) is 18.2 Å². The van der Waals surface area contributed by atoms with Gasteiger partial charge in [-0.2, -0.15) is 0 Å². The predicted molar refractivity (Wildman–Crippen MR) is 124 cm³/mol. The van der Waals surface area contributed by atoms with Gasteiger partial charge in [0.25, 0.3) is 11.8 Å². The number of nitrogens with zero attached hydrogens (tertiary/aromatic N) is 1. The summed E-state index contributed by atoms with van der Waals surface area (Å²) in [7, 11) is 0. The van der Waals surface area contributed by atoms with Crippen molar-refractivity contribution in [3.05, 3.63) is 81.5 Å². The molecule has 0 unspecified atom stereocenters. The normalized spacial score (nSPS) is 15.2. The van der Waals surface area contributed by atoms with Gasteiger partial charge in [-0.25, -0.2) is 4.79 Å². The smallest absolute Gasteiger partial charge is 0.336 e. The molecule has 10 heteroatoms. The van der Waals surface area contributed by atoms with Crippen molar-refractivity contribution in [2.24, 2.45) is 0 Å². The third kappa shape index (κ3) is 3.91. The van der Waals surface area contributed by atoms with Gasteiger partial charge in [0.2, 0.25) is 0 Å². The Kier molecular flexibility index (Phi) is 5.84. The van der Waals surface area contributed by atoms with Gasteiger partial charge >= 0.3 is 5.97 Å². The fourth-order valence-electron chi connectivity index (χ4n) is 3.14. The number of thiocarbonyl (C=S) groups is 1. The highest BCUT2D eigenvalue weighted by atomic mass is 35.5. The van der Waals surface area contributed by atoms with Gasteiger partial charge in [-0.1, -0.05) is 47.5 Å². The number of carboxylic acid groups (broad SMARTS) is 1. The van der Waals surface area contributed by atoms with Crippen molar-refractivity contribution in [3.8, 4) is 11.3 Å². The van der Waals surface area contributed by atoms with Gasteiger partial charge in [0.15, 0.2) is 5.11 Å². The quantitative estimate of drug-likeness (QED) is 0.312. The molecule has 1 aromatic heterocycles. The molecule has 1 aliphatic heterocycles. The molecule has 0 atom stereocenters. The zero-order valence-electron chi connectivity index (χ0n) is 16.0. The molecule has 3 aromatic rings. The zero-order chi connectivity index (χ0) is 23.0. The molecule has 2 aromatic carbocycles. The molecule has 0 radical (unpaired) electrons. The van der Waals surface area contributed by atoms with Crippen molar-refractivity contribution in [2.75, 3.05) is 4.90 Å². The number of benzene rings is 2. The van der Waals surface area contributed by atoms with Gasteiger partial charge in [0.05, 0.1) is 21.3 Å². The summed E-state index contributed by atoms with van der Waals surface area (Å²) in [4.78, 5) is 38.1. The van der Waals surface area contributed by atoms with Crippen molar-refractivity contribution in [1.82, 2.24) is 5.32 Å². The number of carboxylic acids is 1. The van der Waals surface area contributed by atoms with E-state index in [4.69, 9.17) is 39.8 Å². The van der Waals surface area contributed by atoms with Crippen LogP contribution < -0.4 is 10.2 Å². The van der Waals surface area contributed by atoms with Gasteiger partial charge in [0, 0.05) is 5.56 Å². The lowest BCUT2D eigenvalue weighted by Crippen LogP contribution is -2.54. The van der Waals surface area contributed by atoms with Crippen LogP contribution in [0.5, 0.6) is 0 Å². The Morgan fingerprint density at radius 2 is 1.81 bits per heavy atom. The van der Waals surface area contributed by atoms with Gasteiger partial charge in [-0.3, -0.25) is 19.8 Å². The molecule has 160 valence electrons. The Labute approximate surface area is 196 Å². The predicted octanol–water partition coefficient (Wildman–Crippen LogP) is 4.78. The van der Waals surface area contributed by atoms with Crippen LogP contribution in [0, 0.1) is 0 Å². The van der Waals surface area contributed by atoms with Crippen LogP contribution >= 0.6 is 35.4 Å². The Bertz CT molecular complexity index is 1330. The third-order valence-corrected chi connectivity index (χ3v) is 5.70. The Morgan fingerprint density at radius 3 is 2.56 bits per heavy atom. The summed E-state index contributed by atoms with van der Waals surface area (Å²) in [5, 5.41) is 12.0.